The molecule has 0 N–H and O–H groups in total. The molecule has 0 atom stereocenters. The smallest absolute Gasteiger partial charge is 0.270 e. The molecule has 2 rings (SSSR count). The zero-order valence-corrected chi connectivity index (χ0v) is 12.1. The third-order valence-electron chi connectivity index (χ3n) is 3.96. The topological polar surface area (TPSA) is 79.4 Å². The van der Waals surface area contributed by atoms with Gasteiger partial charge in [0.1, 0.15) is 5.75 Å². The van der Waals surface area contributed by atoms with Gasteiger partial charge in [0.2, 0.25) is 0 Å². The Kier molecular flexibility index (Phi) is 5.12. The largest absolute Gasteiger partial charge is 0.496 e. The molecule has 1 aromatic rings. The van der Waals surface area contributed by atoms with Gasteiger partial charge in [0.25, 0.3) is 5.69 Å². The SMILES string of the molecule is COc1ccc([N+](=O)[O-])cc1CN(CC#N)C1CCCC1. The van der Waals surface area contributed by atoms with Crippen molar-refractivity contribution in [2.75, 3.05) is 13.7 Å². The Morgan fingerprint density at radius 1 is 1.48 bits per heavy atom. The normalized spacial score (nSPS) is 15.1. The van der Waals surface area contributed by atoms with Gasteiger partial charge in [0.15, 0.2) is 0 Å². The number of benzene rings is 1. The highest BCUT2D eigenvalue weighted by atomic mass is 16.6. The fourth-order valence-electron chi connectivity index (χ4n) is 2.90. The molecule has 1 aromatic carbocycles. The second kappa shape index (κ2) is 7.04. The lowest BCUT2D eigenvalue weighted by Gasteiger charge is -2.26. The minimum Gasteiger partial charge on any atom is -0.496 e. The van der Waals surface area contributed by atoms with Crippen LogP contribution in [0.1, 0.15) is 31.2 Å². The van der Waals surface area contributed by atoms with E-state index >= 15 is 0 Å². The molecular weight excluding hydrogens is 270 g/mol. The summed E-state index contributed by atoms with van der Waals surface area (Å²) in [5, 5.41) is 19.9. The van der Waals surface area contributed by atoms with E-state index < -0.39 is 4.92 Å². The first-order chi connectivity index (χ1) is 10.2. The average Bonchev–Trinajstić information content (AvgIpc) is 3.00. The van der Waals surface area contributed by atoms with Crippen molar-refractivity contribution >= 4 is 5.69 Å². The number of nitrogens with zero attached hydrogens (tertiary/aromatic N) is 3. The van der Waals surface area contributed by atoms with Gasteiger partial charge < -0.3 is 4.74 Å². The Labute approximate surface area is 124 Å². The van der Waals surface area contributed by atoms with Gasteiger partial charge in [-0.25, -0.2) is 0 Å². The van der Waals surface area contributed by atoms with Crippen LogP contribution in [-0.4, -0.2) is 29.5 Å². The zero-order valence-electron chi connectivity index (χ0n) is 12.1. The van der Waals surface area contributed by atoms with E-state index in [2.05, 4.69) is 11.0 Å². The van der Waals surface area contributed by atoms with Crippen molar-refractivity contribution < 1.29 is 9.66 Å². The van der Waals surface area contributed by atoms with Crippen LogP contribution in [0.4, 0.5) is 5.69 Å². The molecule has 0 spiro atoms. The molecule has 112 valence electrons. The van der Waals surface area contributed by atoms with E-state index in [-0.39, 0.29) is 5.69 Å². The Hall–Kier alpha value is -2.13. The highest BCUT2D eigenvalue weighted by Crippen LogP contribution is 2.29. The molecule has 6 nitrogen and oxygen atoms in total. The third kappa shape index (κ3) is 3.70. The van der Waals surface area contributed by atoms with E-state index in [9.17, 15) is 10.1 Å². The Morgan fingerprint density at radius 2 is 2.19 bits per heavy atom. The van der Waals surface area contributed by atoms with E-state index in [1.165, 1.54) is 25.0 Å². The summed E-state index contributed by atoms with van der Waals surface area (Å²) in [6.45, 7) is 0.833. The van der Waals surface area contributed by atoms with Crippen LogP contribution in [0.25, 0.3) is 0 Å². The molecule has 21 heavy (non-hydrogen) atoms. The Balaban J connectivity index is 2.23. The van der Waals surface area contributed by atoms with Crippen LogP contribution in [0.15, 0.2) is 18.2 Å². The van der Waals surface area contributed by atoms with Crippen LogP contribution in [0, 0.1) is 21.4 Å². The fourth-order valence-corrected chi connectivity index (χ4v) is 2.90. The maximum absolute atomic E-state index is 10.9. The van der Waals surface area contributed by atoms with Gasteiger partial charge in [-0.1, -0.05) is 12.8 Å². The maximum atomic E-state index is 10.9. The predicted octanol–water partition coefficient (Wildman–Crippen LogP) is 2.87. The summed E-state index contributed by atoms with van der Waals surface area (Å²) in [6.07, 6.45) is 4.52. The molecule has 6 heteroatoms. The standard InChI is InChI=1S/C15H19N3O3/c1-21-15-7-6-14(18(19)20)10-12(15)11-17(9-8-16)13-4-2-3-5-13/h6-7,10,13H,2-5,9,11H2,1H3. The van der Waals surface area contributed by atoms with Gasteiger partial charge in [0.05, 0.1) is 24.6 Å². The number of nitro benzene ring substituents is 1. The zero-order chi connectivity index (χ0) is 15.2. The summed E-state index contributed by atoms with van der Waals surface area (Å²) in [6, 6.07) is 7.17. The van der Waals surface area contributed by atoms with Crippen LogP contribution in [0.3, 0.4) is 0 Å². The van der Waals surface area contributed by atoms with E-state index in [1.807, 2.05) is 0 Å². The van der Waals surface area contributed by atoms with Crippen molar-refractivity contribution in [3.8, 4) is 11.8 Å². The first-order valence-corrected chi connectivity index (χ1v) is 7.08. The van der Waals surface area contributed by atoms with Gasteiger partial charge in [-0.05, 0) is 18.9 Å². The molecule has 0 unspecified atom stereocenters. The first-order valence-electron chi connectivity index (χ1n) is 7.08. The maximum Gasteiger partial charge on any atom is 0.270 e. The highest BCUT2D eigenvalue weighted by molar-refractivity contribution is 5.43. The second-order valence-electron chi connectivity index (χ2n) is 5.25. The van der Waals surface area contributed by atoms with Gasteiger partial charge in [0, 0.05) is 30.3 Å². The van der Waals surface area contributed by atoms with Crippen LogP contribution in [0.5, 0.6) is 5.75 Å². The number of hydrogen-bond donors (Lipinski definition) is 0. The first kappa shape index (κ1) is 15.3. The highest BCUT2D eigenvalue weighted by Gasteiger charge is 2.24. The molecular formula is C15H19N3O3. The summed E-state index contributed by atoms with van der Waals surface area (Å²) >= 11 is 0. The number of nitro groups is 1. The molecule has 0 heterocycles. The lowest BCUT2D eigenvalue weighted by atomic mass is 10.1. The van der Waals surface area contributed by atoms with Crippen LogP contribution >= 0.6 is 0 Å². The Morgan fingerprint density at radius 3 is 2.76 bits per heavy atom. The summed E-state index contributed by atoms with van der Waals surface area (Å²) in [5.41, 5.74) is 0.808. The van der Waals surface area contributed by atoms with Crippen molar-refractivity contribution in [3.05, 3.63) is 33.9 Å². The number of rotatable bonds is 6. The van der Waals surface area contributed by atoms with E-state index in [4.69, 9.17) is 10.00 Å². The summed E-state index contributed by atoms with van der Waals surface area (Å²) in [4.78, 5) is 12.6. The number of methoxy groups -OCH3 is 1. The van der Waals surface area contributed by atoms with Crippen LogP contribution in [0.2, 0.25) is 0 Å². The lowest BCUT2D eigenvalue weighted by Crippen LogP contribution is -2.33. The molecule has 1 aliphatic carbocycles. The molecule has 1 saturated carbocycles. The number of ether oxygens (including phenoxy) is 1. The molecule has 0 aromatic heterocycles. The molecule has 1 aliphatic rings. The van der Waals surface area contributed by atoms with E-state index in [1.54, 1.807) is 13.2 Å². The minimum atomic E-state index is -0.410. The number of non-ortho nitro benzene ring substituents is 1. The van der Waals surface area contributed by atoms with E-state index in [0.29, 0.717) is 24.9 Å². The van der Waals surface area contributed by atoms with Crippen molar-refractivity contribution in [2.24, 2.45) is 0 Å². The van der Waals surface area contributed by atoms with Crippen LogP contribution < -0.4 is 4.74 Å². The average molecular weight is 289 g/mol. The van der Waals surface area contributed by atoms with Gasteiger partial charge in [-0.2, -0.15) is 5.26 Å². The van der Waals surface area contributed by atoms with Gasteiger partial charge in [-0.15, -0.1) is 0 Å². The molecule has 0 aliphatic heterocycles. The minimum absolute atomic E-state index is 0.0501. The second-order valence-corrected chi connectivity index (χ2v) is 5.25. The quantitative estimate of drug-likeness (QED) is 0.457. The molecule has 0 saturated heterocycles. The van der Waals surface area contributed by atoms with Crippen LogP contribution in [-0.2, 0) is 6.54 Å². The van der Waals surface area contributed by atoms with Crippen molar-refractivity contribution in [1.82, 2.24) is 4.90 Å². The van der Waals surface area contributed by atoms with Crippen molar-refractivity contribution in [2.45, 2.75) is 38.3 Å². The van der Waals surface area contributed by atoms with E-state index in [0.717, 1.165) is 18.4 Å². The Bertz CT molecular complexity index is 548. The summed E-state index contributed by atoms with van der Waals surface area (Å²) in [7, 11) is 1.55. The number of hydrogen-bond acceptors (Lipinski definition) is 5. The summed E-state index contributed by atoms with van der Waals surface area (Å²) in [5.74, 6) is 0.626. The molecule has 0 bridgehead atoms. The van der Waals surface area contributed by atoms with Crippen molar-refractivity contribution in [1.29, 1.82) is 5.26 Å². The van der Waals surface area contributed by atoms with Crippen molar-refractivity contribution in [3.63, 3.8) is 0 Å². The monoisotopic (exact) mass is 289 g/mol. The molecule has 1 fully saturated rings. The fraction of sp³-hybridized carbons (Fsp3) is 0.533. The molecule has 0 radical (unpaired) electrons. The van der Waals surface area contributed by atoms with Gasteiger partial charge >= 0.3 is 0 Å². The predicted molar refractivity (Wildman–Crippen MR) is 77.9 cm³/mol. The summed E-state index contributed by atoms with van der Waals surface area (Å²) < 4.78 is 5.29. The van der Waals surface area contributed by atoms with Gasteiger partial charge in [-0.3, -0.25) is 15.0 Å². The molecule has 0 amide bonds. The third-order valence-corrected chi connectivity index (χ3v) is 3.96. The number of nitriles is 1. The lowest BCUT2D eigenvalue weighted by molar-refractivity contribution is -0.385.